The third-order valence-corrected chi connectivity index (χ3v) is 5.09. The molecular weight excluding hydrogens is 392 g/mol. The molecule has 7 heteroatoms. The van der Waals surface area contributed by atoms with Gasteiger partial charge in [0.2, 0.25) is 5.91 Å². The number of ether oxygens (including phenoxy) is 1. The summed E-state index contributed by atoms with van der Waals surface area (Å²) in [6.07, 6.45) is 1.48. The Morgan fingerprint density at radius 3 is 2.38 bits per heavy atom. The fraction of sp³-hybridized carbons (Fsp3) is 0.318. The smallest absolute Gasteiger partial charge is 0.338 e. The second-order valence-electron chi connectivity index (χ2n) is 6.88. The Kier molecular flexibility index (Phi) is 6.88. The van der Waals surface area contributed by atoms with E-state index in [1.54, 1.807) is 60.4 Å². The number of likely N-dealkylation sites (tertiary alicyclic amines) is 1. The lowest BCUT2D eigenvalue weighted by atomic mass is 9.96. The molecule has 0 bridgehead atoms. The highest BCUT2D eigenvalue weighted by molar-refractivity contribution is 6.30. The Morgan fingerprint density at radius 2 is 1.72 bits per heavy atom. The first kappa shape index (κ1) is 20.9. The zero-order valence-electron chi connectivity index (χ0n) is 16.2. The minimum atomic E-state index is -0.394. The molecule has 0 spiro atoms. The number of benzene rings is 2. The minimum absolute atomic E-state index is 0.0991. The molecule has 152 valence electrons. The van der Waals surface area contributed by atoms with E-state index in [1.807, 2.05) is 0 Å². The van der Waals surface area contributed by atoms with Crippen molar-refractivity contribution in [2.45, 2.75) is 19.8 Å². The maximum Gasteiger partial charge on any atom is 0.338 e. The van der Waals surface area contributed by atoms with Gasteiger partial charge in [-0.2, -0.15) is 0 Å². The van der Waals surface area contributed by atoms with Crippen molar-refractivity contribution in [3.05, 3.63) is 64.7 Å². The molecule has 1 unspecified atom stereocenters. The van der Waals surface area contributed by atoms with Gasteiger partial charge in [-0.05, 0) is 68.3 Å². The van der Waals surface area contributed by atoms with E-state index in [2.05, 4.69) is 5.32 Å². The van der Waals surface area contributed by atoms with Gasteiger partial charge in [0.25, 0.3) is 5.91 Å². The van der Waals surface area contributed by atoms with Gasteiger partial charge in [0, 0.05) is 29.4 Å². The van der Waals surface area contributed by atoms with Crippen molar-refractivity contribution in [2.24, 2.45) is 5.92 Å². The van der Waals surface area contributed by atoms with Crippen LogP contribution in [-0.4, -0.2) is 42.4 Å². The topological polar surface area (TPSA) is 75.7 Å². The summed E-state index contributed by atoms with van der Waals surface area (Å²) in [6, 6.07) is 13.3. The lowest BCUT2D eigenvalue weighted by molar-refractivity contribution is -0.121. The zero-order chi connectivity index (χ0) is 20.8. The second-order valence-corrected chi connectivity index (χ2v) is 7.32. The van der Waals surface area contributed by atoms with Crippen molar-refractivity contribution in [2.75, 3.05) is 25.0 Å². The molecule has 6 nitrogen and oxygen atoms in total. The molecule has 1 aliphatic heterocycles. The number of halogens is 1. The van der Waals surface area contributed by atoms with Crippen LogP contribution in [0, 0.1) is 5.92 Å². The largest absolute Gasteiger partial charge is 0.462 e. The van der Waals surface area contributed by atoms with Crippen molar-refractivity contribution < 1.29 is 19.1 Å². The molecule has 2 amide bonds. The molecule has 0 aliphatic carbocycles. The van der Waals surface area contributed by atoms with Gasteiger partial charge in [-0.15, -0.1) is 0 Å². The molecule has 1 N–H and O–H groups in total. The number of rotatable bonds is 5. The van der Waals surface area contributed by atoms with E-state index in [-0.39, 0.29) is 17.7 Å². The Hall–Kier alpha value is -2.86. The summed E-state index contributed by atoms with van der Waals surface area (Å²) >= 11 is 5.88. The van der Waals surface area contributed by atoms with Crippen LogP contribution in [0.25, 0.3) is 0 Å². The molecule has 1 aliphatic rings. The van der Waals surface area contributed by atoms with Crippen LogP contribution in [0.1, 0.15) is 40.5 Å². The number of anilines is 1. The van der Waals surface area contributed by atoms with Crippen LogP contribution >= 0.6 is 11.6 Å². The van der Waals surface area contributed by atoms with Gasteiger partial charge in [0.15, 0.2) is 0 Å². The number of nitrogens with zero attached hydrogens (tertiary/aromatic N) is 1. The van der Waals surface area contributed by atoms with E-state index in [9.17, 15) is 14.4 Å². The number of carbonyl (C=O) groups excluding carboxylic acids is 3. The Labute approximate surface area is 174 Å². The second kappa shape index (κ2) is 9.56. The number of hydrogen-bond acceptors (Lipinski definition) is 4. The van der Waals surface area contributed by atoms with Crippen LogP contribution < -0.4 is 5.32 Å². The van der Waals surface area contributed by atoms with E-state index in [1.165, 1.54) is 0 Å². The SMILES string of the molecule is CCOC(=O)c1ccc(NC(=O)C2CCCN(C(=O)c3ccc(Cl)cc3)C2)cc1. The molecule has 3 rings (SSSR count). The minimum Gasteiger partial charge on any atom is -0.462 e. The number of esters is 1. The van der Waals surface area contributed by atoms with Crippen molar-refractivity contribution in [1.29, 1.82) is 0 Å². The highest BCUT2D eigenvalue weighted by atomic mass is 35.5. The van der Waals surface area contributed by atoms with Crippen molar-refractivity contribution in [1.82, 2.24) is 4.90 Å². The summed E-state index contributed by atoms with van der Waals surface area (Å²) in [5.74, 6) is -0.917. The van der Waals surface area contributed by atoms with Gasteiger partial charge in [-0.25, -0.2) is 4.79 Å². The molecule has 1 atom stereocenters. The molecule has 1 heterocycles. The molecular formula is C22H23ClN2O4. The number of hydrogen-bond donors (Lipinski definition) is 1. The molecule has 0 saturated carbocycles. The maximum atomic E-state index is 12.7. The summed E-state index contributed by atoms with van der Waals surface area (Å²) in [7, 11) is 0. The van der Waals surface area contributed by atoms with Crippen LogP contribution in [0.2, 0.25) is 5.02 Å². The van der Waals surface area contributed by atoms with E-state index in [0.29, 0.717) is 41.5 Å². The van der Waals surface area contributed by atoms with Gasteiger partial charge >= 0.3 is 5.97 Å². The van der Waals surface area contributed by atoms with Gasteiger partial charge in [-0.3, -0.25) is 9.59 Å². The summed E-state index contributed by atoms with van der Waals surface area (Å²) in [5, 5.41) is 3.45. The quantitative estimate of drug-likeness (QED) is 0.750. The molecule has 1 saturated heterocycles. The van der Waals surface area contributed by atoms with Crippen LogP contribution in [0.5, 0.6) is 0 Å². The predicted molar refractivity (Wildman–Crippen MR) is 111 cm³/mol. The fourth-order valence-corrected chi connectivity index (χ4v) is 3.43. The molecule has 1 fully saturated rings. The van der Waals surface area contributed by atoms with E-state index in [4.69, 9.17) is 16.3 Å². The zero-order valence-corrected chi connectivity index (χ0v) is 16.9. The first-order valence-corrected chi connectivity index (χ1v) is 9.98. The molecule has 29 heavy (non-hydrogen) atoms. The number of nitrogens with one attached hydrogen (secondary N) is 1. The number of carbonyl (C=O) groups is 3. The van der Waals surface area contributed by atoms with Gasteiger partial charge in [0.05, 0.1) is 18.1 Å². The highest BCUT2D eigenvalue weighted by Gasteiger charge is 2.29. The summed E-state index contributed by atoms with van der Waals surface area (Å²) in [6.45, 7) is 3.05. The van der Waals surface area contributed by atoms with E-state index >= 15 is 0 Å². The maximum absolute atomic E-state index is 12.7. The number of piperidine rings is 1. The predicted octanol–water partition coefficient (Wildman–Crippen LogP) is 4.01. The highest BCUT2D eigenvalue weighted by Crippen LogP contribution is 2.21. The van der Waals surface area contributed by atoms with Gasteiger partial charge in [0.1, 0.15) is 0 Å². The van der Waals surface area contributed by atoms with Crippen molar-refractivity contribution >= 4 is 35.1 Å². The fourth-order valence-electron chi connectivity index (χ4n) is 3.30. The lowest BCUT2D eigenvalue weighted by Crippen LogP contribution is -2.43. The Bertz CT molecular complexity index is 881. The standard InChI is InChI=1S/C22H23ClN2O4/c1-2-29-22(28)16-7-11-19(12-8-16)24-20(26)17-4-3-13-25(14-17)21(27)15-5-9-18(23)10-6-15/h5-12,17H,2-4,13-14H2,1H3,(H,24,26). The summed E-state index contributed by atoms with van der Waals surface area (Å²) in [5.41, 5.74) is 1.59. The van der Waals surface area contributed by atoms with Crippen LogP contribution in [0.15, 0.2) is 48.5 Å². The van der Waals surface area contributed by atoms with Crippen LogP contribution in [-0.2, 0) is 9.53 Å². The molecule has 0 aromatic heterocycles. The van der Waals surface area contributed by atoms with Gasteiger partial charge < -0.3 is 15.0 Å². The third kappa shape index (κ3) is 5.35. The monoisotopic (exact) mass is 414 g/mol. The van der Waals surface area contributed by atoms with Crippen molar-refractivity contribution in [3.63, 3.8) is 0 Å². The van der Waals surface area contributed by atoms with Crippen LogP contribution in [0.3, 0.4) is 0 Å². The average molecular weight is 415 g/mol. The first-order chi connectivity index (χ1) is 14.0. The summed E-state index contributed by atoms with van der Waals surface area (Å²) in [4.78, 5) is 38.8. The molecule has 2 aromatic rings. The van der Waals surface area contributed by atoms with E-state index in [0.717, 1.165) is 12.8 Å². The van der Waals surface area contributed by atoms with Crippen LogP contribution in [0.4, 0.5) is 5.69 Å². The Balaban J connectivity index is 1.60. The third-order valence-electron chi connectivity index (χ3n) is 4.83. The van der Waals surface area contributed by atoms with E-state index < -0.39 is 5.97 Å². The van der Waals surface area contributed by atoms with Crippen molar-refractivity contribution in [3.8, 4) is 0 Å². The average Bonchev–Trinajstić information content (AvgIpc) is 2.74. The summed E-state index contributed by atoms with van der Waals surface area (Å²) < 4.78 is 4.95. The molecule has 0 radical (unpaired) electrons. The molecule has 2 aromatic carbocycles. The Morgan fingerprint density at radius 1 is 1.07 bits per heavy atom. The first-order valence-electron chi connectivity index (χ1n) is 9.61. The van der Waals surface area contributed by atoms with Gasteiger partial charge in [-0.1, -0.05) is 11.6 Å². The lowest BCUT2D eigenvalue weighted by Gasteiger charge is -2.32. The number of amides is 2. The normalized spacial score (nSPS) is 16.2.